The number of hydrogen-bond donors (Lipinski definition) is 1. The van der Waals surface area contributed by atoms with E-state index in [0.29, 0.717) is 32.5 Å². The highest BCUT2D eigenvalue weighted by Crippen LogP contribution is 2.22. The number of amides is 1. The van der Waals surface area contributed by atoms with Crippen LogP contribution in [0.5, 0.6) is 5.75 Å². The summed E-state index contributed by atoms with van der Waals surface area (Å²) in [4.78, 5) is 12.6. The number of ether oxygens (including phenoxy) is 1. The quantitative estimate of drug-likeness (QED) is 0.675. The highest BCUT2D eigenvalue weighted by molar-refractivity contribution is 7.88. The molecule has 0 aliphatic carbocycles. The Bertz CT molecular complexity index is 979. The lowest BCUT2D eigenvalue weighted by Crippen LogP contribution is -2.43. The molecule has 1 fully saturated rings. The Morgan fingerprint density at radius 1 is 1.10 bits per heavy atom. The largest absolute Gasteiger partial charge is 0.491 e. The van der Waals surface area contributed by atoms with Crippen LogP contribution < -0.4 is 10.1 Å². The van der Waals surface area contributed by atoms with Gasteiger partial charge in [-0.05, 0) is 56.9 Å². The van der Waals surface area contributed by atoms with Crippen LogP contribution in [0.4, 0.5) is 0 Å². The van der Waals surface area contributed by atoms with Crippen molar-refractivity contribution >= 4 is 15.9 Å². The molecule has 7 heteroatoms. The van der Waals surface area contributed by atoms with E-state index in [1.165, 1.54) is 4.31 Å². The van der Waals surface area contributed by atoms with Gasteiger partial charge in [0.25, 0.3) is 0 Å². The summed E-state index contributed by atoms with van der Waals surface area (Å²) in [6, 6.07) is 15.3. The van der Waals surface area contributed by atoms with Crippen LogP contribution in [0, 0.1) is 12.8 Å². The Morgan fingerprint density at radius 2 is 1.77 bits per heavy atom. The highest BCUT2D eigenvalue weighted by Gasteiger charge is 2.31. The van der Waals surface area contributed by atoms with Crippen molar-refractivity contribution in [3.8, 4) is 5.75 Å². The molecule has 1 N–H and O–H groups in total. The molecular weight excluding hydrogens is 412 g/mol. The van der Waals surface area contributed by atoms with Crippen LogP contribution in [0.15, 0.2) is 48.5 Å². The third kappa shape index (κ3) is 6.80. The average molecular weight is 445 g/mol. The number of sulfonamides is 1. The minimum absolute atomic E-state index is 0.00106. The molecule has 0 bridgehead atoms. The summed E-state index contributed by atoms with van der Waals surface area (Å²) in [5, 5.41) is 2.99. The number of benzene rings is 2. The van der Waals surface area contributed by atoms with Gasteiger partial charge in [0.15, 0.2) is 0 Å². The normalized spacial score (nSPS) is 15.7. The fourth-order valence-electron chi connectivity index (χ4n) is 3.72. The molecule has 1 aliphatic heterocycles. The second-order valence-corrected chi connectivity index (χ2v) is 10.4. The Hall–Kier alpha value is -2.38. The molecule has 0 spiro atoms. The SMILES string of the molecule is Cc1ccc(CS(=O)(=O)N2CCC(C(=O)NCc3cccc(OC(C)C)c3)CC2)cc1. The first-order valence-electron chi connectivity index (χ1n) is 10.8. The second-order valence-electron chi connectivity index (χ2n) is 8.45. The second kappa shape index (κ2) is 10.3. The first-order valence-corrected chi connectivity index (χ1v) is 12.4. The van der Waals surface area contributed by atoms with Crippen molar-refractivity contribution in [2.24, 2.45) is 5.92 Å². The van der Waals surface area contributed by atoms with Gasteiger partial charge in [0.1, 0.15) is 5.75 Å². The summed E-state index contributed by atoms with van der Waals surface area (Å²) >= 11 is 0. The smallest absolute Gasteiger partial charge is 0.223 e. The number of carbonyl (C=O) groups excluding carboxylic acids is 1. The molecular formula is C24H32N2O4S. The molecule has 1 aliphatic rings. The third-order valence-electron chi connectivity index (χ3n) is 5.42. The van der Waals surface area contributed by atoms with Gasteiger partial charge in [-0.25, -0.2) is 12.7 Å². The van der Waals surface area contributed by atoms with E-state index in [1.54, 1.807) is 0 Å². The minimum Gasteiger partial charge on any atom is -0.491 e. The molecule has 1 amide bonds. The maximum atomic E-state index is 12.7. The number of hydrogen-bond acceptors (Lipinski definition) is 4. The average Bonchev–Trinajstić information content (AvgIpc) is 2.73. The molecule has 0 radical (unpaired) electrons. The van der Waals surface area contributed by atoms with E-state index >= 15 is 0 Å². The number of nitrogens with one attached hydrogen (secondary N) is 1. The van der Waals surface area contributed by atoms with Crippen molar-refractivity contribution < 1.29 is 17.9 Å². The zero-order valence-electron chi connectivity index (χ0n) is 18.5. The van der Waals surface area contributed by atoms with E-state index < -0.39 is 10.0 Å². The predicted molar refractivity (Wildman–Crippen MR) is 122 cm³/mol. The van der Waals surface area contributed by atoms with Gasteiger partial charge in [0.05, 0.1) is 11.9 Å². The summed E-state index contributed by atoms with van der Waals surface area (Å²) < 4.78 is 32.7. The topological polar surface area (TPSA) is 75.7 Å². The number of rotatable bonds is 8. The van der Waals surface area contributed by atoms with Crippen molar-refractivity contribution in [3.63, 3.8) is 0 Å². The van der Waals surface area contributed by atoms with Crippen molar-refractivity contribution in [1.29, 1.82) is 0 Å². The predicted octanol–water partition coefficient (Wildman–Crippen LogP) is 3.64. The van der Waals surface area contributed by atoms with Crippen LogP contribution in [-0.2, 0) is 27.1 Å². The van der Waals surface area contributed by atoms with E-state index in [0.717, 1.165) is 22.4 Å². The van der Waals surface area contributed by atoms with Gasteiger partial charge in [0, 0.05) is 25.6 Å². The molecule has 6 nitrogen and oxygen atoms in total. The summed E-state index contributed by atoms with van der Waals surface area (Å²) in [5.41, 5.74) is 2.87. The zero-order chi connectivity index (χ0) is 22.4. The number of aryl methyl sites for hydroxylation is 1. The van der Waals surface area contributed by atoms with Gasteiger partial charge in [-0.1, -0.05) is 42.0 Å². The van der Waals surface area contributed by atoms with E-state index in [9.17, 15) is 13.2 Å². The Labute approximate surface area is 185 Å². The van der Waals surface area contributed by atoms with Crippen molar-refractivity contribution in [2.45, 2.75) is 52.0 Å². The third-order valence-corrected chi connectivity index (χ3v) is 7.27. The molecule has 2 aromatic carbocycles. The Kier molecular flexibility index (Phi) is 7.73. The summed E-state index contributed by atoms with van der Waals surface area (Å²) in [6.45, 7) is 7.11. The molecule has 3 rings (SSSR count). The van der Waals surface area contributed by atoms with Gasteiger partial charge >= 0.3 is 0 Å². The Morgan fingerprint density at radius 3 is 2.42 bits per heavy atom. The van der Waals surface area contributed by atoms with E-state index in [1.807, 2.05) is 69.3 Å². The molecule has 0 saturated carbocycles. The van der Waals surface area contributed by atoms with E-state index in [-0.39, 0.29) is 23.7 Å². The number of nitrogens with zero attached hydrogens (tertiary/aromatic N) is 1. The maximum Gasteiger partial charge on any atom is 0.223 e. The van der Waals surface area contributed by atoms with Crippen LogP contribution in [0.25, 0.3) is 0 Å². The first kappa shape index (κ1) is 23.3. The lowest BCUT2D eigenvalue weighted by Gasteiger charge is -2.30. The molecule has 0 atom stereocenters. The molecule has 0 aromatic heterocycles. The van der Waals surface area contributed by atoms with Gasteiger partial charge in [0.2, 0.25) is 15.9 Å². The molecule has 1 saturated heterocycles. The zero-order valence-corrected chi connectivity index (χ0v) is 19.3. The number of carbonyl (C=O) groups is 1. The summed E-state index contributed by atoms with van der Waals surface area (Å²) in [7, 11) is -3.38. The van der Waals surface area contributed by atoms with Crippen LogP contribution in [-0.4, -0.2) is 37.8 Å². The molecule has 31 heavy (non-hydrogen) atoms. The van der Waals surface area contributed by atoms with Crippen molar-refractivity contribution in [3.05, 3.63) is 65.2 Å². The molecule has 0 unspecified atom stereocenters. The van der Waals surface area contributed by atoms with E-state index in [4.69, 9.17) is 4.74 Å². The van der Waals surface area contributed by atoms with Crippen LogP contribution in [0.1, 0.15) is 43.4 Å². The lowest BCUT2D eigenvalue weighted by molar-refractivity contribution is -0.126. The molecule has 1 heterocycles. The monoisotopic (exact) mass is 444 g/mol. The van der Waals surface area contributed by atoms with Crippen molar-refractivity contribution in [2.75, 3.05) is 13.1 Å². The van der Waals surface area contributed by atoms with Crippen LogP contribution >= 0.6 is 0 Å². The van der Waals surface area contributed by atoms with Gasteiger partial charge in [-0.3, -0.25) is 4.79 Å². The standard InChI is InChI=1S/C24H32N2O4S/c1-18(2)30-23-6-4-5-21(15-23)16-25-24(27)22-11-13-26(14-12-22)31(28,29)17-20-9-7-19(3)8-10-20/h4-10,15,18,22H,11-14,16-17H2,1-3H3,(H,25,27). The van der Waals surface area contributed by atoms with Crippen LogP contribution in [0.2, 0.25) is 0 Å². The first-order chi connectivity index (χ1) is 14.7. The van der Waals surface area contributed by atoms with E-state index in [2.05, 4.69) is 5.32 Å². The minimum atomic E-state index is -3.38. The van der Waals surface area contributed by atoms with Crippen LogP contribution in [0.3, 0.4) is 0 Å². The lowest BCUT2D eigenvalue weighted by atomic mass is 9.97. The van der Waals surface area contributed by atoms with Gasteiger partial charge < -0.3 is 10.1 Å². The maximum absolute atomic E-state index is 12.7. The Balaban J connectivity index is 1.48. The number of piperidine rings is 1. The fourth-order valence-corrected chi connectivity index (χ4v) is 5.28. The summed E-state index contributed by atoms with van der Waals surface area (Å²) in [6.07, 6.45) is 1.17. The molecule has 2 aromatic rings. The highest BCUT2D eigenvalue weighted by atomic mass is 32.2. The van der Waals surface area contributed by atoms with Crippen molar-refractivity contribution in [1.82, 2.24) is 9.62 Å². The molecule has 168 valence electrons. The summed E-state index contributed by atoms with van der Waals surface area (Å²) in [5.74, 6) is 0.597. The van der Waals surface area contributed by atoms with Gasteiger partial charge in [-0.2, -0.15) is 0 Å². The van der Waals surface area contributed by atoms with Gasteiger partial charge in [-0.15, -0.1) is 0 Å². The fraction of sp³-hybridized carbons (Fsp3) is 0.458.